The second-order valence-electron chi connectivity index (χ2n) is 6.16. The normalized spacial score (nSPS) is 22.5. The molecule has 1 N–H and O–H groups in total. The number of rotatable bonds is 7. The maximum Gasteiger partial charge on any atom is 0.165 e. The van der Waals surface area contributed by atoms with Crippen molar-refractivity contribution in [2.75, 3.05) is 33.9 Å². The molecule has 2 aliphatic rings. The van der Waals surface area contributed by atoms with Gasteiger partial charge in [0.1, 0.15) is 0 Å². The first-order valence-electron chi connectivity index (χ1n) is 7.96. The Labute approximate surface area is 127 Å². The van der Waals surface area contributed by atoms with Crippen molar-refractivity contribution < 1.29 is 9.47 Å². The highest BCUT2D eigenvalue weighted by molar-refractivity contribution is 5.46. The van der Waals surface area contributed by atoms with Gasteiger partial charge in [0.25, 0.3) is 0 Å². The van der Waals surface area contributed by atoms with Crippen molar-refractivity contribution in [2.24, 2.45) is 5.92 Å². The number of nitrogens with zero attached hydrogens (tertiary/aromatic N) is 1. The third-order valence-electron chi connectivity index (χ3n) is 4.61. The van der Waals surface area contributed by atoms with Crippen LogP contribution in [-0.4, -0.2) is 44.8 Å². The smallest absolute Gasteiger partial charge is 0.165 e. The van der Waals surface area contributed by atoms with Crippen molar-refractivity contribution in [1.29, 1.82) is 0 Å². The summed E-state index contributed by atoms with van der Waals surface area (Å²) in [6.45, 7) is 4.48. The van der Waals surface area contributed by atoms with Gasteiger partial charge in [-0.2, -0.15) is 0 Å². The van der Waals surface area contributed by atoms with Crippen molar-refractivity contribution in [3.05, 3.63) is 23.8 Å². The maximum atomic E-state index is 5.47. The van der Waals surface area contributed by atoms with Crippen molar-refractivity contribution in [3.63, 3.8) is 0 Å². The highest BCUT2D eigenvalue weighted by Crippen LogP contribution is 2.32. The summed E-state index contributed by atoms with van der Waals surface area (Å²) in [5, 5.41) is 3.59. The molecule has 1 atom stereocenters. The zero-order chi connectivity index (χ0) is 14.7. The molecule has 1 heterocycles. The minimum atomic E-state index is 0.794. The number of benzene rings is 1. The number of likely N-dealkylation sites (tertiary alicyclic amines) is 1. The van der Waals surface area contributed by atoms with Gasteiger partial charge in [0, 0.05) is 24.7 Å². The van der Waals surface area contributed by atoms with E-state index in [-0.39, 0.29) is 0 Å². The topological polar surface area (TPSA) is 33.7 Å². The minimum Gasteiger partial charge on any atom is -0.493 e. The van der Waals surface area contributed by atoms with Gasteiger partial charge in [0.2, 0.25) is 0 Å². The first kappa shape index (κ1) is 14.7. The predicted octanol–water partition coefficient (Wildman–Crippen LogP) is 2.28. The van der Waals surface area contributed by atoms with Crippen LogP contribution in [0.2, 0.25) is 0 Å². The number of hydrogen-bond donors (Lipinski definition) is 1. The van der Waals surface area contributed by atoms with Crippen LogP contribution in [0.4, 0.5) is 0 Å². The molecule has 4 heteroatoms. The number of ether oxygens (including phenoxy) is 2. The van der Waals surface area contributed by atoms with E-state index in [1.807, 2.05) is 12.1 Å². The van der Waals surface area contributed by atoms with Gasteiger partial charge in [-0.05, 0) is 44.3 Å². The molecular formula is C17H26N2O2. The standard InChI is InChI=1S/C17H26N2O2/c1-20-16-5-3-4-14(17(16)21-2)11-18-10-13-8-9-19(12-13)15-6-7-15/h3-5,13,15,18H,6-12H2,1-2H3/t13-/m0/s1. The Morgan fingerprint density at radius 3 is 2.76 bits per heavy atom. The molecule has 116 valence electrons. The average molecular weight is 290 g/mol. The summed E-state index contributed by atoms with van der Waals surface area (Å²) in [7, 11) is 3.38. The first-order chi connectivity index (χ1) is 10.3. The van der Waals surface area contributed by atoms with E-state index in [0.717, 1.165) is 42.1 Å². The lowest BCUT2D eigenvalue weighted by Gasteiger charge is -2.16. The Hall–Kier alpha value is -1.26. The van der Waals surface area contributed by atoms with E-state index in [9.17, 15) is 0 Å². The van der Waals surface area contributed by atoms with E-state index < -0.39 is 0 Å². The van der Waals surface area contributed by atoms with Crippen LogP contribution >= 0.6 is 0 Å². The fourth-order valence-electron chi connectivity index (χ4n) is 3.30. The number of para-hydroxylation sites is 1. The fraction of sp³-hybridized carbons (Fsp3) is 0.647. The third kappa shape index (κ3) is 3.50. The number of methoxy groups -OCH3 is 2. The molecule has 1 aromatic carbocycles. The van der Waals surface area contributed by atoms with E-state index >= 15 is 0 Å². The second-order valence-corrected chi connectivity index (χ2v) is 6.16. The Morgan fingerprint density at radius 2 is 2.05 bits per heavy atom. The highest BCUT2D eigenvalue weighted by atomic mass is 16.5. The molecule has 0 radical (unpaired) electrons. The van der Waals surface area contributed by atoms with Crippen LogP contribution in [0.3, 0.4) is 0 Å². The quantitative estimate of drug-likeness (QED) is 0.835. The van der Waals surface area contributed by atoms with E-state index in [1.54, 1.807) is 14.2 Å². The Balaban J connectivity index is 1.49. The lowest BCUT2D eigenvalue weighted by atomic mass is 10.1. The summed E-state index contributed by atoms with van der Waals surface area (Å²) in [6.07, 6.45) is 4.17. The monoisotopic (exact) mass is 290 g/mol. The average Bonchev–Trinajstić information content (AvgIpc) is 3.26. The lowest BCUT2D eigenvalue weighted by Crippen LogP contribution is -2.27. The zero-order valence-corrected chi connectivity index (χ0v) is 13.1. The molecule has 0 unspecified atom stereocenters. The molecule has 1 saturated carbocycles. The fourth-order valence-corrected chi connectivity index (χ4v) is 3.30. The molecule has 0 spiro atoms. The van der Waals surface area contributed by atoms with Crippen molar-refractivity contribution in [1.82, 2.24) is 10.2 Å². The van der Waals surface area contributed by atoms with Gasteiger partial charge in [-0.25, -0.2) is 0 Å². The molecule has 21 heavy (non-hydrogen) atoms. The molecule has 0 bridgehead atoms. The molecule has 0 amide bonds. The van der Waals surface area contributed by atoms with Crippen LogP contribution in [0.1, 0.15) is 24.8 Å². The van der Waals surface area contributed by atoms with Crippen LogP contribution in [-0.2, 0) is 6.54 Å². The molecule has 0 aromatic heterocycles. The Kier molecular flexibility index (Phi) is 4.66. The molecule has 2 fully saturated rings. The van der Waals surface area contributed by atoms with Gasteiger partial charge in [0.05, 0.1) is 14.2 Å². The van der Waals surface area contributed by atoms with Gasteiger partial charge < -0.3 is 19.7 Å². The van der Waals surface area contributed by atoms with E-state index in [1.165, 1.54) is 32.4 Å². The zero-order valence-electron chi connectivity index (χ0n) is 13.1. The highest BCUT2D eigenvalue weighted by Gasteiger charge is 2.33. The largest absolute Gasteiger partial charge is 0.493 e. The summed E-state index contributed by atoms with van der Waals surface area (Å²) in [5.41, 5.74) is 1.16. The lowest BCUT2D eigenvalue weighted by molar-refractivity contribution is 0.311. The van der Waals surface area contributed by atoms with E-state index in [0.29, 0.717) is 0 Å². The van der Waals surface area contributed by atoms with Crippen LogP contribution in [0.25, 0.3) is 0 Å². The second kappa shape index (κ2) is 6.67. The number of hydrogen-bond acceptors (Lipinski definition) is 4. The summed E-state index contributed by atoms with van der Waals surface area (Å²) < 4.78 is 10.8. The molecule has 1 aromatic rings. The van der Waals surface area contributed by atoms with Crippen LogP contribution in [0, 0.1) is 5.92 Å². The Morgan fingerprint density at radius 1 is 1.19 bits per heavy atom. The molecule has 4 nitrogen and oxygen atoms in total. The van der Waals surface area contributed by atoms with Gasteiger partial charge in [-0.3, -0.25) is 0 Å². The summed E-state index contributed by atoms with van der Waals surface area (Å²) in [5.74, 6) is 2.44. The molecule has 1 aliphatic heterocycles. The molecule has 3 rings (SSSR count). The number of nitrogens with one attached hydrogen (secondary N) is 1. The van der Waals surface area contributed by atoms with Crippen molar-refractivity contribution in [3.8, 4) is 11.5 Å². The van der Waals surface area contributed by atoms with Crippen molar-refractivity contribution in [2.45, 2.75) is 31.8 Å². The van der Waals surface area contributed by atoms with E-state index in [2.05, 4.69) is 16.3 Å². The van der Waals surface area contributed by atoms with E-state index in [4.69, 9.17) is 9.47 Å². The van der Waals surface area contributed by atoms with Crippen LogP contribution in [0.15, 0.2) is 18.2 Å². The van der Waals surface area contributed by atoms with Gasteiger partial charge in [-0.1, -0.05) is 12.1 Å². The SMILES string of the molecule is COc1cccc(CNC[C@@H]2CCN(C3CC3)C2)c1OC. The third-order valence-corrected chi connectivity index (χ3v) is 4.61. The maximum absolute atomic E-state index is 5.47. The molecular weight excluding hydrogens is 264 g/mol. The van der Waals surface area contributed by atoms with Gasteiger partial charge in [-0.15, -0.1) is 0 Å². The minimum absolute atomic E-state index is 0.794. The summed E-state index contributed by atoms with van der Waals surface area (Å²) in [6, 6.07) is 6.96. The first-order valence-corrected chi connectivity index (χ1v) is 7.96. The van der Waals surface area contributed by atoms with Crippen LogP contribution in [0.5, 0.6) is 11.5 Å². The van der Waals surface area contributed by atoms with Gasteiger partial charge in [0.15, 0.2) is 11.5 Å². The summed E-state index contributed by atoms with van der Waals surface area (Å²) >= 11 is 0. The van der Waals surface area contributed by atoms with Gasteiger partial charge >= 0.3 is 0 Å². The molecule has 1 aliphatic carbocycles. The van der Waals surface area contributed by atoms with Crippen molar-refractivity contribution >= 4 is 0 Å². The molecule has 1 saturated heterocycles. The predicted molar refractivity (Wildman–Crippen MR) is 84.0 cm³/mol. The van der Waals surface area contributed by atoms with Crippen LogP contribution < -0.4 is 14.8 Å². The summed E-state index contributed by atoms with van der Waals surface area (Å²) in [4.78, 5) is 2.67. The Bertz CT molecular complexity index is 474.